The number of nitrogens with zero attached hydrogens (tertiary/aromatic N) is 2. The van der Waals surface area contributed by atoms with Crippen LogP contribution in [0.5, 0.6) is 0 Å². The van der Waals surface area contributed by atoms with Gasteiger partial charge in [0.05, 0.1) is 29.6 Å². The summed E-state index contributed by atoms with van der Waals surface area (Å²) in [6.45, 7) is 4.62. The van der Waals surface area contributed by atoms with Gasteiger partial charge in [-0.15, -0.1) is 0 Å². The van der Waals surface area contributed by atoms with Crippen molar-refractivity contribution in [2.24, 2.45) is 0 Å². The Hall–Kier alpha value is -2.34. The van der Waals surface area contributed by atoms with Gasteiger partial charge in [0.2, 0.25) is 0 Å². The molecule has 1 saturated carbocycles. The summed E-state index contributed by atoms with van der Waals surface area (Å²) in [7, 11) is 0. The van der Waals surface area contributed by atoms with Gasteiger partial charge in [-0.3, -0.25) is 0 Å². The highest BCUT2D eigenvalue weighted by molar-refractivity contribution is 5.89. The molecule has 1 aromatic heterocycles. The molecule has 4 rings (SSSR count). The molecular weight excluding hydrogens is 328 g/mol. The van der Waals surface area contributed by atoms with Gasteiger partial charge in [-0.25, -0.2) is 9.48 Å². The van der Waals surface area contributed by atoms with Crippen molar-refractivity contribution < 1.29 is 9.53 Å². The van der Waals surface area contributed by atoms with E-state index in [1.165, 1.54) is 12.8 Å². The average molecular weight is 354 g/mol. The number of benzene rings is 1. The van der Waals surface area contributed by atoms with Crippen LogP contribution in [0.25, 0.3) is 5.69 Å². The third-order valence-electron chi connectivity index (χ3n) is 5.44. The molecular formula is C20H26N4O2. The molecule has 26 heavy (non-hydrogen) atoms. The molecule has 0 bridgehead atoms. The number of anilines is 1. The lowest BCUT2D eigenvalue weighted by molar-refractivity contribution is 0.00998. The van der Waals surface area contributed by atoms with Gasteiger partial charge in [-0.2, -0.15) is 5.10 Å². The van der Waals surface area contributed by atoms with Crippen molar-refractivity contribution >= 4 is 11.7 Å². The zero-order valence-corrected chi connectivity index (χ0v) is 15.4. The standard InChI is InChI=1S/C20H26N4O2/c1-14-11-15(2)24(23-14)18-7-5-16(6-8-18)21-19(25)22-17-12-20(26-13-17)9-3-4-10-20/h5-8,11,17H,3-4,9-10,12-13H2,1-2H3,(H2,21,22,25)/t17-/m0/s1. The Bertz CT molecular complexity index is 791. The number of amides is 2. The summed E-state index contributed by atoms with van der Waals surface area (Å²) in [5.74, 6) is 0. The highest BCUT2D eigenvalue weighted by Crippen LogP contribution is 2.40. The molecule has 1 spiro atoms. The maximum atomic E-state index is 12.3. The van der Waals surface area contributed by atoms with Crippen LogP contribution in [0.4, 0.5) is 10.5 Å². The molecule has 1 aromatic carbocycles. The maximum Gasteiger partial charge on any atom is 0.319 e. The van der Waals surface area contributed by atoms with Crippen LogP contribution in [0.3, 0.4) is 0 Å². The second kappa shape index (κ2) is 6.76. The van der Waals surface area contributed by atoms with Crippen LogP contribution in [0.2, 0.25) is 0 Å². The largest absolute Gasteiger partial charge is 0.373 e. The number of carbonyl (C=O) groups is 1. The molecule has 6 heteroatoms. The molecule has 2 fully saturated rings. The Morgan fingerprint density at radius 3 is 2.62 bits per heavy atom. The Kier molecular flexibility index (Phi) is 4.44. The monoisotopic (exact) mass is 354 g/mol. The second-order valence-electron chi connectivity index (χ2n) is 7.59. The van der Waals surface area contributed by atoms with Crippen LogP contribution in [0, 0.1) is 13.8 Å². The summed E-state index contributed by atoms with van der Waals surface area (Å²) in [4.78, 5) is 12.3. The molecule has 2 heterocycles. The number of aryl methyl sites for hydroxylation is 2. The Morgan fingerprint density at radius 2 is 1.96 bits per heavy atom. The third kappa shape index (κ3) is 3.46. The average Bonchev–Trinajstić information content (AvgIpc) is 3.31. The van der Waals surface area contributed by atoms with Crippen LogP contribution >= 0.6 is 0 Å². The van der Waals surface area contributed by atoms with Crippen molar-refractivity contribution in [2.45, 2.75) is 57.6 Å². The number of rotatable bonds is 3. The number of ether oxygens (including phenoxy) is 1. The Morgan fingerprint density at radius 1 is 1.23 bits per heavy atom. The molecule has 0 radical (unpaired) electrons. The molecule has 1 aliphatic heterocycles. The Labute approximate surface area is 153 Å². The van der Waals surface area contributed by atoms with Crippen molar-refractivity contribution in [3.05, 3.63) is 41.7 Å². The van der Waals surface area contributed by atoms with Gasteiger partial charge in [0.1, 0.15) is 0 Å². The minimum absolute atomic E-state index is 0.0271. The van der Waals surface area contributed by atoms with Gasteiger partial charge in [0.25, 0.3) is 0 Å². The maximum absolute atomic E-state index is 12.3. The fourth-order valence-corrected chi connectivity index (χ4v) is 4.23. The molecule has 1 saturated heterocycles. The minimum Gasteiger partial charge on any atom is -0.373 e. The summed E-state index contributed by atoms with van der Waals surface area (Å²) in [5.41, 5.74) is 3.85. The summed E-state index contributed by atoms with van der Waals surface area (Å²) < 4.78 is 7.89. The van der Waals surface area contributed by atoms with E-state index in [1.54, 1.807) is 0 Å². The first-order valence-corrected chi connectivity index (χ1v) is 9.38. The molecule has 0 unspecified atom stereocenters. The first-order valence-electron chi connectivity index (χ1n) is 9.38. The van der Waals surface area contributed by atoms with Crippen LogP contribution in [0.1, 0.15) is 43.5 Å². The number of hydrogen-bond acceptors (Lipinski definition) is 3. The van der Waals surface area contributed by atoms with Crippen LogP contribution in [-0.2, 0) is 4.74 Å². The topological polar surface area (TPSA) is 68.2 Å². The van der Waals surface area contributed by atoms with Crippen LogP contribution in [0.15, 0.2) is 30.3 Å². The van der Waals surface area contributed by atoms with Gasteiger partial charge in [0.15, 0.2) is 0 Å². The van der Waals surface area contributed by atoms with Crippen molar-refractivity contribution in [3.63, 3.8) is 0 Å². The van der Waals surface area contributed by atoms with E-state index in [0.29, 0.717) is 6.61 Å². The van der Waals surface area contributed by atoms with E-state index in [1.807, 2.05) is 48.9 Å². The van der Waals surface area contributed by atoms with Gasteiger partial charge in [-0.1, -0.05) is 12.8 Å². The zero-order chi connectivity index (χ0) is 18.1. The van der Waals surface area contributed by atoms with E-state index in [9.17, 15) is 4.79 Å². The van der Waals surface area contributed by atoms with E-state index < -0.39 is 0 Å². The van der Waals surface area contributed by atoms with Gasteiger partial charge >= 0.3 is 6.03 Å². The first-order chi connectivity index (χ1) is 12.5. The SMILES string of the molecule is Cc1cc(C)n(-c2ccc(NC(=O)N[C@@H]3COC4(CCCC4)C3)cc2)n1. The lowest BCUT2D eigenvalue weighted by Gasteiger charge is -2.21. The number of carbonyl (C=O) groups excluding carboxylic acids is 1. The van der Waals surface area contributed by atoms with E-state index in [2.05, 4.69) is 15.7 Å². The molecule has 2 amide bonds. The molecule has 1 aliphatic carbocycles. The number of urea groups is 1. The van der Waals surface area contributed by atoms with Gasteiger partial charge in [-0.05, 0) is 63.4 Å². The number of hydrogen-bond donors (Lipinski definition) is 2. The lowest BCUT2D eigenvalue weighted by Crippen LogP contribution is -2.39. The first kappa shape index (κ1) is 17.1. The molecule has 1 atom stereocenters. The van der Waals surface area contributed by atoms with Crippen molar-refractivity contribution in [2.75, 3.05) is 11.9 Å². The minimum atomic E-state index is -0.174. The molecule has 6 nitrogen and oxygen atoms in total. The molecule has 2 aromatic rings. The molecule has 2 N–H and O–H groups in total. The smallest absolute Gasteiger partial charge is 0.319 e. The van der Waals surface area contributed by atoms with Gasteiger partial charge < -0.3 is 15.4 Å². The van der Waals surface area contributed by atoms with E-state index in [4.69, 9.17) is 4.74 Å². The number of nitrogens with one attached hydrogen (secondary N) is 2. The number of aromatic nitrogens is 2. The summed E-state index contributed by atoms with van der Waals surface area (Å²) >= 11 is 0. The molecule has 2 aliphatic rings. The quantitative estimate of drug-likeness (QED) is 0.883. The van der Waals surface area contributed by atoms with Crippen molar-refractivity contribution in [1.29, 1.82) is 0 Å². The van der Waals surface area contributed by atoms with E-state index >= 15 is 0 Å². The second-order valence-corrected chi connectivity index (χ2v) is 7.59. The third-order valence-corrected chi connectivity index (χ3v) is 5.44. The van der Waals surface area contributed by atoms with Crippen LogP contribution in [-0.4, -0.2) is 34.1 Å². The van der Waals surface area contributed by atoms with E-state index in [-0.39, 0.29) is 17.7 Å². The summed E-state index contributed by atoms with van der Waals surface area (Å²) in [6, 6.07) is 9.68. The summed E-state index contributed by atoms with van der Waals surface area (Å²) in [5, 5.41) is 10.4. The Balaban J connectivity index is 1.34. The van der Waals surface area contributed by atoms with Crippen molar-refractivity contribution in [3.8, 4) is 5.69 Å². The predicted molar refractivity (Wildman–Crippen MR) is 101 cm³/mol. The zero-order valence-electron chi connectivity index (χ0n) is 15.4. The van der Waals surface area contributed by atoms with Crippen LogP contribution < -0.4 is 10.6 Å². The van der Waals surface area contributed by atoms with E-state index in [0.717, 1.165) is 42.0 Å². The fourth-order valence-electron chi connectivity index (χ4n) is 4.23. The van der Waals surface area contributed by atoms with Crippen molar-refractivity contribution in [1.82, 2.24) is 15.1 Å². The summed E-state index contributed by atoms with van der Waals surface area (Å²) in [6.07, 6.45) is 5.65. The van der Waals surface area contributed by atoms with Gasteiger partial charge in [0, 0.05) is 11.4 Å². The predicted octanol–water partition coefficient (Wildman–Crippen LogP) is 3.71. The lowest BCUT2D eigenvalue weighted by atomic mass is 9.96. The normalized spacial score (nSPS) is 21.2. The highest BCUT2D eigenvalue weighted by atomic mass is 16.5. The molecule has 138 valence electrons. The highest BCUT2D eigenvalue weighted by Gasteiger charge is 2.42. The fraction of sp³-hybridized carbons (Fsp3) is 0.500.